The smallest absolute Gasteiger partial charge is 1.00 e. The molecule has 0 saturated heterocycles. The van der Waals surface area contributed by atoms with Crippen LogP contribution in [-0.2, 0) is 0 Å². The molecule has 0 aromatic rings. The minimum atomic E-state index is -4.61. The van der Waals surface area contributed by atoms with E-state index >= 15 is 0 Å². The zero-order valence-corrected chi connectivity index (χ0v) is 8.41. The van der Waals surface area contributed by atoms with Crippen LogP contribution < -0.4 is 29.6 Å². The summed E-state index contributed by atoms with van der Waals surface area (Å²) in [5.74, 6) is 0. The molecule has 0 rings (SSSR count). The second-order valence-electron chi connectivity index (χ2n) is 0.600. The number of hydrogen-bond donors (Lipinski definition) is 4. The summed E-state index contributed by atoms with van der Waals surface area (Å²) in [7, 11) is -4.61. The van der Waals surface area contributed by atoms with Crippen molar-refractivity contribution in [1.82, 2.24) is 0 Å². The molecule has 0 heterocycles. The van der Waals surface area contributed by atoms with Crippen LogP contribution in [-0.4, -0.2) is 68.6 Å². The van der Waals surface area contributed by atoms with Gasteiger partial charge in [-0.1, -0.05) is 0 Å². The minimum Gasteiger partial charge on any atom is -1.00 e. The maximum absolute atomic E-state index is 7.33. The Hall–Kier alpha value is 2.36. The summed E-state index contributed by atoms with van der Waals surface area (Å²) in [5, 5.41) is 0. The summed E-state index contributed by atoms with van der Waals surface area (Å²) < 4.78 is 0. The summed E-state index contributed by atoms with van der Waals surface area (Å²) in [6.07, 6.45) is 0. The van der Waals surface area contributed by atoms with Crippen LogP contribution in [0.25, 0.3) is 0 Å². The van der Waals surface area contributed by atoms with Gasteiger partial charge >= 0.3 is 61.7 Å². The van der Waals surface area contributed by atoms with E-state index in [4.69, 9.17) is 19.2 Å². The van der Waals surface area contributed by atoms with Crippen molar-refractivity contribution in [2.45, 2.75) is 0 Å². The first-order valence-corrected chi connectivity index (χ1v) is 2.68. The molecule has 4 nitrogen and oxygen atoms in total. The van der Waals surface area contributed by atoms with Gasteiger partial charge in [-0.2, -0.15) is 0 Å². The predicted octanol–water partition coefficient (Wildman–Crippen LogP) is -6.83. The molecule has 0 fully saturated rings. The van der Waals surface area contributed by atoms with Gasteiger partial charge in [0.2, 0.25) is 0 Å². The van der Waals surface area contributed by atoms with Crippen molar-refractivity contribution in [2.75, 3.05) is 0 Å². The fraction of sp³-hybridized carbons (Fsp3) is 0. The van der Waals surface area contributed by atoms with Crippen molar-refractivity contribution in [3.63, 3.8) is 0 Å². The molecule has 0 radical (unpaired) electrons. The zero-order chi connectivity index (χ0) is 4.50. The van der Waals surface area contributed by atoms with Crippen LogP contribution >= 0.6 is 0 Å². The topological polar surface area (TPSA) is 80.9 Å². The predicted molar refractivity (Wildman–Crippen MR) is 33.7 cm³/mol. The third kappa shape index (κ3) is 81.5. The van der Waals surface area contributed by atoms with Gasteiger partial charge in [-0.15, -0.1) is 0 Å². The maximum atomic E-state index is 7.33. The van der Waals surface area contributed by atoms with Crippen molar-refractivity contribution < 1.29 is 53.0 Å². The van der Waals surface area contributed by atoms with Gasteiger partial charge in [0, 0.05) is 0 Å². The van der Waals surface area contributed by atoms with Crippen molar-refractivity contribution in [3.8, 4) is 0 Å². The molecule has 44 valence electrons. The molecule has 0 bridgehead atoms. The van der Waals surface area contributed by atoms with E-state index in [1.807, 2.05) is 0 Å². The van der Waals surface area contributed by atoms with Gasteiger partial charge in [-0.25, -0.2) is 0 Å². The Balaban J connectivity index is -0.00000000533. The van der Waals surface area contributed by atoms with Crippen molar-refractivity contribution in [2.24, 2.45) is 0 Å². The summed E-state index contributed by atoms with van der Waals surface area (Å²) in [4.78, 5) is 29.3. The SMILES string of the molecule is O[Si](O)(O)O.[AlH3].[H-].[H-].[H-].[Mg+2].[Na+]. The molecule has 0 aliphatic rings. The van der Waals surface area contributed by atoms with Crippen LogP contribution in [0.15, 0.2) is 0 Å². The molecule has 0 amide bonds. The third-order valence-electron chi connectivity index (χ3n) is 0. The van der Waals surface area contributed by atoms with Crippen molar-refractivity contribution >= 4 is 49.5 Å². The first-order valence-electron chi connectivity index (χ1n) is 0.894. The Morgan fingerprint density at radius 1 is 1.00 bits per heavy atom. The molecule has 0 aliphatic heterocycles. The van der Waals surface area contributed by atoms with Gasteiger partial charge in [0.05, 0.1) is 0 Å². The minimum absolute atomic E-state index is 0. The summed E-state index contributed by atoms with van der Waals surface area (Å²) in [5.41, 5.74) is 0. The molecule has 0 aromatic carbocycles. The van der Waals surface area contributed by atoms with Crippen LogP contribution in [0, 0.1) is 0 Å². The molecule has 0 aromatic heterocycles. The molecule has 0 saturated carbocycles. The van der Waals surface area contributed by atoms with Gasteiger partial charge in [0.1, 0.15) is 0 Å². The molecule has 0 atom stereocenters. The Bertz CT molecular complexity index is 40.8. The van der Waals surface area contributed by atoms with Gasteiger partial charge in [-0.05, 0) is 0 Å². The van der Waals surface area contributed by atoms with Gasteiger partial charge in [0.25, 0.3) is 0 Å². The summed E-state index contributed by atoms with van der Waals surface area (Å²) in [6.45, 7) is 0. The van der Waals surface area contributed by atoms with E-state index in [-0.39, 0.29) is 74.3 Å². The summed E-state index contributed by atoms with van der Waals surface area (Å²) in [6, 6.07) is 0. The van der Waals surface area contributed by atoms with Crippen LogP contribution in [0.1, 0.15) is 4.28 Å². The maximum Gasteiger partial charge on any atom is 2.00 e. The van der Waals surface area contributed by atoms with E-state index in [0.717, 1.165) is 0 Å². The van der Waals surface area contributed by atoms with Crippen LogP contribution in [0.4, 0.5) is 0 Å². The standard InChI is InChI=1S/Al.Mg.Na.H4O4Si.6H/c;;;1-5(2,3)4;;;;;;/h;;;1-4H;;;;;;/q;+2;+1;;;;;3*-1. The van der Waals surface area contributed by atoms with Gasteiger partial charge in [0.15, 0.2) is 17.4 Å². The Kier molecular flexibility index (Phi) is 26.2. The van der Waals surface area contributed by atoms with E-state index in [1.54, 1.807) is 0 Å². The van der Waals surface area contributed by atoms with E-state index in [0.29, 0.717) is 0 Å². The van der Waals surface area contributed by atoms with Gasteiger partial charge < -0.3 is 23.5 Å². The van der Waals surface area contributed by atoms with Crippen LogP contribution in [0.2, 0.25) is 0 Å². The Morgan fingerprint density at radius 2 is 1.00 bits per heavy atom. The zero-order valence-electron chi connectivity index (χ0n) is 7.00. The van der Waals surface area contributed by atoms with Crippen LogP contribution in [0.3, 0.4) is 0 Å². The molecule has 0 aliphatic carbocycles. The summed E-state index contributed by atoms with van der Waals surface area (Å²) >= 11 is 0. The fourth-order valence-electron chi connectivity index (χ4n) is 0. The van der Waals surface area contributed by atoms with Crippen molar-refractivity contribution in [1.29, 1.82) is 0 Å². The quantitative estimate of drug-likeness (QED) is 0.277. The molecule has 8 heteroatoms. The van der Waals surface area contributed by atoms with E-state index in [2.05, 4.69) is 0 Å². The monoisotopic (exact) mass is 176 g/mol. The molecular weight excluding hydrogens is 166 g/mol. The van der Waals surface area contributed by atoms with E-state index < -0.39 is 9.05 Å². The second kappa shape index (κ2) is 9.36. The molecular formula is H10AlMgNaO4Si. The fourth-order valence-corrected chi connectivity index (χ4v) is 0. The molecule has 0 spiro atoms. The largest absolute Gasteiger partial charge is 2.00 e. The molecule has 4 N–H and O–H groups in total. The third-order valence-corrected chi connectivity index (χ3v) is 0. The first kappa shape index (κ1) is 22.4. The van der Waals surface area contributed by atoms with E-state index in [1.165, 1.54) is 0 Å². The Labute approximate surface area is 101 Å². The second-order valence-corrected chi connectivity index (χ2v) is 1.80. The average Bonchev–Trinajstić information content (AvgIpc) is 0.722. The average molecular weight is 176 g/mol. The normalized spacial score (nSPS) is 7.50. The van der Waals surface area contributed by atoms with Crippen LogP contribution in [0.5, 0.6) is 0 Å². The van der Waals surface area contributed by atoms with E-state index in [9.17, 15) is 0 Å². The Morgan fingerprint density at radius 3 is 1.00 bits per heavy atom. The number of hydrogen-bond acceptors (Lipinski definition) is 4. The first-order chi connectivity index (χ1) is 2.00. The molecule has 8 heavy (non-hydrogen) atoms. The van der Waals surface area contributed by atoms with Crippen molar-refractivity contribution in [3.05, 3.63) is 0 Å². The molecule has 0 unspecified atom stereocenters. The van der Waals surface area contributed by atoms with Gasteiger partial charge in [-0.3, -0.25) is 0 Å². The number of rotatable bonds is 0.